The molecule has 3 N–H and O–H groups in total. The van der Waals surface area contributed by atoms with Gasteiger partial charge in [-0.1, -0.05) is 6.07 Å². The molecule has 4 aromatic rings. The van der Waals surface area contributed by atoms with Gasteiger partial charge in [-0.05, 0) is 60.2 Å². The Balaban J connectivity index is 1.56. The lowest BCUT2D eigenvalue weighted by molar-refractivity contribution is -0.114. The van der Waals surface area contributed by atoms with E-state index in [2.05, 4.69) is 20.6 Å². The van der Waals surface area contributed by atoms with Gasteiger partial charge in [0, 0.05) is 29.3 Å². The highest BCUT2D eigenvalue weighted by molar-refractivity contribution is 6.06. The van der Waals surface area contributed by atoms with Gasteiger partial charge in [-0.2, -0.15) is 0 Å². The SMILES string of the molecule is CC(=O)Nc1cccc(C(=O)Nc2cnc3[nH]c(-c4ccc(F)cc4)cc3c2)c1. The number of halogens is 1. The third-order valence-electron chi connectivity index (χ3n) is 4.33. The Labute approximate surface area is 165 Å². The highest BCUT2D eigenvalue weighted by Gasteiger charge is 2.10. The second kappa shape index (κ2) is 7.55. The van der Waals surface area contributed by atoms with Gasteiger partial charge in [-0.25, -0.2) is 9.37 Å². The van der Waals surface area contributed by atoms with Crippen molar-refractivity contribution in [3.05, 3.63) is 78.2 Å². The van der Waals surface area contributed by atoms with Crippen LogP contribution in [0.25, 0.3) is 22.3 Å². The van der Waals surface area contributed by atoms with E-state index in [1.54, 1.807) is 48.7 Å². The number of hydrogen-bond donors (Lipinski definition) is 3. The van der Waals surface area contributed by atoms with Crippen LogP contribution in [0.4, 0.5) is 15.8 Å². The summed E-state index contributed by atoms with van der Waals surface area (Å²) in [6, 6.07) is 16.5. The smallest absolute Gasteiger partial charge is 0.255 e. The topological polar surface area (TPSA) is 86.9 Å². The fourth-order valence-corrected chi connectivity index (χ4v) is 3.01. The Kier molecular flexibility index (Phi) is 4.78. The van der Waals surface area contributed by atoms with Crippen molar-refractivity contribution in [3.63, 3.8) is 0 Å². The highest BCUT2D eigenvalue weighted by atomic mass is 19.1. The average Bonchev–Trinajstić information content (AvgIpc) is 3.11. The Hall–Kier alpha value is -4.00. The second-order valence-corrected chi connectivity index (χ2v) is 6.57. The van der Waals surface area contributed by atoms with Crippen LogP contribution in [0.15, 0.2) is 66.9 Å². The van der Waals surface area contributed by atoms with Crippen molar-refractivity contribution in [1.82, 2.24) is 9.97 Å². The molecular formula is C22H17FN4O2. The molecule has 144 valence electrons. The van der Waals surface area contributed by atoms with Crippen molar-refractivity contribution >= 4 is 34.2 Å². The second-order valence-electron chi connectivity index (χ2n) is 6.57. The predicted molar refractivity (Wildman–Crippen MR) is 110 cm³/mol. The number of rotatable bonds is 4. The zero-order chi connectivity index (χ0) is 20.4. The lowest BCUT2D eigenvalue weighted by Gasteiger charge is -2.07. The Morgan fingerprint density at radius 2 is 1.76 bits per heavy atom. The van der Waals surface area contributed by atoms with Crippen LogP contribution in [0, 0.1) is 5.82 Å². The maximum Gasteiger partial charge on any atom is 0.255 e. The number of nitrogens with one attached hydrogen (secondary N) is 3. The molecule has 2 amide bonds. The van der Waals surface area contributed by atoms with E-state index in [1.807, 2.05) is 6.07 Å². The molecule has 29 heavy (non-hydrogen) atoms. The predicted octanol–water partition coefficient (Wildman–Crippen LogP) is 4.58. The van der Waals surface area contributed by atoms with Crippen LogP contribution in [0.3, 0.4) is 0 Å². The first-order valence-corrected chi connectivity index (χ1v) is 8.92. The van der Waals surface area contributed by atoms with Crippen LogP contribution >= 0.6 is 0 Å². The minimum Gasteiger partial charge on any atom is -0.339 e. The summed E-state index contributed by atoms with van der Waals surface area (Å²) in [5, 5.41) is 6.27. The number of nitrogens with zero attached hydrogens (tertiary/aromatic N) is 1. The third-order valence-corrected chi connectivity index (χ3v) is 4.33. The van der Waals surface area contributed by atoms with Gasteiger partial charge >= 0.3 is 0 Å². The summed E-state index contributed by atoms with van der Waals surface area (Å²) in [6.07, 6.45) is 1.56. The number of H-pyrrole nitrogens is 1. The van der Waals surface area contributed by atoms with Crippen molar-refractivity contribution in [1.29, 1.82) is 0 Å². The number of aromatic amines is 1. The number of carbonyl (C=O) groups excluding carboxylic acids is 2. The standard InChI is InChI=1S/C22H17FN4O2/c1-13(28)25-18-4-2-3-15(9-18)22(29)26-19-10-16-11-20(27-21(16)24-12-19)14-5-7-17(23)8-6-14/h2-12H,1H3,(H,24,27)(H,25,28)(H,26,29). The molecule has 0 saturated heterocycles. The summed E-state index contributed by atoms with van der Waals surface area (Å²) in [5.74, 6) is -0.815. The number of hydrogen-bond acceptors (Lipinski definition) is 3. The van der Waals surface area contributed by atoms with E-state index < -0.39 is 0 Å². The van der Waals surface area contributed by atoms with Gasteiger partial charge in [0.25, 0.3) is 5.91 Å². The lowest BCUT2D eigenvalue weighted by atomic mass is 10.1. The van der Waals surface area contributed by atoms with Gasteiger partial charge < -0.3 is 15.6 Å². The highest BCUT2D eigenvalue weighted by Crippen LogP contribution is 2.25. The normalized spacial score (nSPS) is 10.7. The van der Waals surface area contributed by atoms with Crippen molar-refractivity contribution in [2.24, 2.45) is 0 Å². The number of benzene rings is 2. The fraction of sp³-hybridized carbons (Fsp3) is 0.0455. The molecule has 4 rings (SSSR count). The first kappa shape index (κ1) is 18.4. The van der Waals surface area contributed by atoms with Crippen LogP contribution < -0.4 is 10.6 Å². The van der Waals surface area contributed by atoms with Gasteiger partial charge in [-0.15, -0.1) is 0 Å². The van der Waals surface area contributed by atoms with E-state index in [9.17, 15) is 14.0 Å². The van der Waals surface area contributed by atoms with Gasteiger partial charge in [0.05, 0.1) is 11.9 Å². The molecular weight excluding hydrogens is 371 g/mol. The molecule has 0 unspecified atom stereocenters. The monoisotopic (exact) mass is 388 g/mol. The minimum absolute atomic E-state index is 0.207. The molecule has 6 nitrogen and oxygen atoms in total. The van der Waals surface area contributed by atoms with Crippen LogP contribution in [0.1, 0.15) is 17.3 Å². The fourth-order valence-electron chi connectivity index (χ4n) is 3.01. The molecule has 0 saturated carbocycles. The molecule has 0 bridgehead atoms. The Bertz CT molecular complexity index is 1220. The van der Waals surface area contributed by atoms with E-state index in [0.717, 1.165) is 16.6 Å². The quantitative estimate of drug-likeness (QED) is 0.478. The molecule has 7 heteroatoms. The number of pyridine rings is 1. The van der Waals surface area contributed by atoms with E-state index >= 15 is 0 Å². The molecule has 0 radical (unpaired) electrons. The first-order valence-electron chi connectivity index (χ1n) is 8.92. The van der Waals surface area contributed by atoms with E-state index in [4.69, 9.17) is 0 Å². The van der Waals surface area contributed by atoms with Crippen LogP contribution in [0.5, 0.6) is 0 Å². The van der Waals surface area contributed by atoms with E-state index in [0.29, 0.717) is 22.6 Å². The molecule has 0 aliphatic carbocycles. The third kappa shape index (κ3) is 4.14. The van der Waals surface area contributed by atoms with Crippen molar-refractivity contribution < 1.29 is 14.0 Å². The van der Waals surface area contributed by atoms with Crippen molar-refractivity contribution in [3.8, 4) is 11.3 Å². The van der Waals surface area contributed by atoms with Crippen LogP contribution in [0.2, 0.25) is 0 Å². The van der Waals surface area contributed by atoms with Crippen LogP contribution in [-0.2, 0) is 4.79 Å². The number of anilines is 2. The molecule has 0 fully saturated rings. The van der Waals surface area contributed by atoms with Gasteiger partial charge in [0.15, 0.2) is 0 Å². The van der Waals surface area contributed by atoms with E-state index in [-0.39, 0.29) is 17.6 Å². The Morgan fingerprint density at radius 1 is 0.966 bits per heavy atom. The molecule has 0 aliphatic rings. The molecule has 2 aromatic heterocycles. The molecule has 2 aromatic carbocycles. The number of amides is 2. The summed E-state index contributed by atoms with van der Waals surface area (Å²) in [7, 11) is 0. The maximum atomic E-state index is 13.1. The lowest BCUT2D eigenvalue weighted by Crippen LogP contribution is -2.13. The number of carbonyl (C=O) groups is 2. The van der Waals surface area contributed by atoms with E-state index in [1.165, 1.54) is 19.1 Å². The molecule has 0 spiro atoms. The molecule has 2 heterocycles. The zero-order valence-corrected chi connectivity index (χ0v) is 15.5. The minimum atomic E-state index is -0.312. The van der Waals surface area contributed by atoms with Crippen molar-refractivity contribution in [2.45, 2.75) is 6.92 Å². The van der Waals surface area contributed by atoms with Crippen LogP contribution in [-0.4, -0.2) is 21.8 Å². The molecule has 0 aliphatic heterocycles. The summed E-state index contributed by atoms with van der Waals surface area (Å²) in [5.41, 5.74) is 3.81. The summed E-state index contributed by atoms with van der Waals surface area (Å²) in [4.78, 5) is 31.3. The zero-order valence-electron chi connectivity index (χ0n) is 15.5. The first-order chi connectivity index (χ1) is 14.0. The number of fused-ring (bicyclic) bond motifs is 1. The summed E-state index contributed by atoms with van der Waals surface area (Å²) < 4.78 is 13.1. The van der Waals surface area contributed by atoms with Gasteiger partial charge in [-0.3, -0.25) is 9.59 Å². The number of aromatic nitrogens is 2. The Morgan fingerprint density at radius 3 is 2.52 bits per heavy atom. The average molecular weight is 388 g/mol. The summed E-state index contributed by atoms with van der Waals surface area (Å²) in [6.45, 7) is 1.41. The molecule has 0 atom stereocenters. The van der Waals surface area contributed by atoms with Gasteiger partial charge in [0.2, 0.25) is 5.91 Å². The maximum absolute atomic E-state index is 13.1. The summed E-state index contributed by atoms with van der Waals surface area (Å²) >= 11 is 0. The van der Waals surface area contributed by atoms with Crippen molar-refractivity contribution in [2.75, 3.05) is 10.6 Å². The van der Waals surface area contributed by atoms with Gasteiger partial charge in [0.1, 0.15) is 11.5 Å². The largest absolute Gasteiger partial charge is 0.339 e.